The lowest BCUT2D eigenvalue weighted by atomic mass is 10.1. The highest BCUT2D eigenvalue weighted by molar-refractivity contribution is 5.81. The summed E-state index contributed by atoms with van der Waals surface area (Å²) in [5.74, 6) is -0.973. The Labute approximate surface area is 180 Å². The lowest BCUT2D eigenvalue weighted by Crippen LogP contribution is -2.47. The van der Waals surface area contributed by atoms with Gasteiger partial charge in [0, 0.05) is 6.42 Å². The largest absolute Gasteiger partial charge is 0.327 e. The quantitative estimate of drug-likeness (QED) is 0.196. The van der Waals surface area contributed by atoms with E-state index in [2.05, 4.69) is 13.8 Å². The van der Waals surface area contributed by atoms with Crippen LogP contribution in [0.15, 0.2) is 0 Å². The molecule has 29 heavy (non-hydrogen) atoms. The molecule has 1 heterocycles. The fraction of sp³-hybridized carbons (Fsp3) is 0.960. The van der Waals surface area contributed by atoms with Crippen LogP contribution in [0.1, 0.15) is 129 Å². The van der Waals surface area contributed by atoms with Crippen LogP contribution in [0.4, 0.5) is 0 Å². The minimum absolute atomic E-state index is 0.00253. The monoisotopic (exact) mass is 412 g/mol. The molecule has 0 saturated carbocycles. The van der Waals surface area contributed by atoms with Crippen LogP contribution in [0.3, 0.4) is 0 Å². The van der Waals surface area contributed by atoms with Crippen molar-refractivity contribution in [1.82, 2.24) is 0 Å². The van der Waals surface area contributed by atoms with Crippen LogP contribution in [-0.2, 0) is 19.0 Å². The maximum absolute atomic E-state index is 11.5. The van der Waals surface area contributed by atoms with Crippen LogP contribution < -0.4 is 0 Å². The number of carbonyl (C=O) groups is 1. The minimum atomic E-state index is -0.976. The summed E-state index contributed by atoms with van der Waals surface area (Å²) in [5, 5.41) is 0. The first-order valence-electron chi connectivity index (χ1n) is 12.7. The van der Waals surface area contributed by atoms with E-state index in [-0.39, 0.29) is 19.0 Å². The van der Waals surface area contributed by atoms with Gasteiger partial charge in [-0.05, 0) is 12.8 Å². The summed E-state index contributed by atoms with van der Waals surface area (Å²) in [6.45, 7) is 5.40. The van der Waals surface area contributed by atoms with Gasteiger partial charge in [-0.3, -0.25) is 4.79 Å². The summed E-state index contributed by atoms with van der Waals surface area (Å²) in [4.78, 5) is 11.5. The van der Waals surface area contributed by atoms with E-state index in [9.17, 15) is 4.79 Å². The molecule has 0 unspecified atom stereocenters. The van der Waals surface area contributed by atoms with Gasteiger partial charge in [0.1, 0.15) is 13.2 Å². The molecule has 1 fully saturated rings. The Hall–Kier alpha value is -0.450. The molecule has 0 aliphatic carbocycles. The van der Waals surface area contributed by atoms with Crippen molar-refractivity contribution in [3.05, 3.63) is 0 Å². The molecular formula is C25H48O4. The van der Waals surface area contributed by atoms with E-state index in [1.807, 2.05) is 0 Å². The maximum Gasteiger partial charge on any atom is 0.283 e. The predicted octanol–water partition coefficient (Wildman–Crippen LogP) is 7.33. The zero-order valence-electron chi connectivity index (χ0n) is 19.5. The first kappa shape index (κ1) is 26.6. The summed E-state index contributed by atoms with van der Waals surface area (Å²) in [7, 11) is 0. The average Bonchev–Trinajstić information content (AvgIpc) is 2.73. The standard InChI is InChI=1S/C25H48O4/c1-3-5-7-9-11-12-13-15-17-19-21-27-25(28-22-24(26)23-29-25)20-18-16-14-10-8-6-4-2/h3-23H2,1-2H3. The Kier molecular flexibility index (Phi) is 16.8. The average molecular weight is 413 g/mol. The van der Waals surface area contributed by atoms with Crippen LogP contribution in [-0.4, -0.2) is 31.6 Å². The molecular weight excluding hydrogens is 364 g/mol. The normalized spacial score (nSPS) is 16.4. The Morgan fingerprint density at radius 2 is 1.07 bits per heavy atom. The lowest BCUT2D eigenvalue weighted by molar-refractivity contribution is -0.389. The van der Waals surface area contributed by atoms with Crippen molar-refractivity contribution in [3.63, 3.8) is 0 Å². The van der Waals surface area contributed by atoms with Crippen molar-refractivity contribution < 1.29 is 19.0 Å². The fourth-order valence-corrected chi connectivity index (χ4v) is 3.88. The Bertz CT molecular complexity index is 373. The predicted molar refractivity (Wildman–Crippen MR) is 120 cm³/mol. The van der Waals surface area contributed by atoms with Crippen molar-refractivity contribution in [1.29, 1.82) is 0 Å². The molecule has 0 N–H and O–H groups in total. The third-order valence-electron chi connectivity index (χ3n) is 5.81. The molecule has 0 aromatic carbocycles. The van der Waals surface area contributed by atoms with Gasteiger partial charge in [0.05, 0.1) is 6.61 Å². The number of hydrogen-bond donors (Lipinski definition) is 0. The molecule has 1 aliphatic heterocycles. The zero-order chi connectivity index (χ0) is 21.0. The number of Topliss-reactive ketones (excluding diaryl/α,β-unsaturated/α-hetero) is 1. The summed E-state index contributed by atoms with van der Waals surface area (Å²) >= 11 is 0. The summed E-state index contributed by atoms with van der Waals surface area (Å²) < 4.78 is 17.5. The third kappa shape index (κ3) is 14.2. The molecule has 0 amide bonds. The molecule has 0 radical (unpaired) electrons. The second-order valence-electron chi connectivity index (χ2n) is 8.70. The zero-order valence-corrected chi connectivity index (χ0v) is 19.5. The van der Waals surface area contributed by atoms with Gasteiger partial charge in [0.15, 0.2) is 5.78 Å². The highest BCUT2D eigenvalue weighted by Crippen LogP contribution is 2.27. The van der Waals surface area contributed by atoms with Gasteiger partial charge in [-0.2, -0.15) is 0 Å². The van der Waals surface area contributed by atoms with Crippen molar-refractivity contribution >= 4 is 5.78 Å². The molecule has 4 heteroatoms. The number of ether oxygens (including phenoxy) is 3. The fourth-order valence-electron chi connectivity index (χ4n) is 3.88. The maximum atomic E-state index is 11.5. The number of carbonyl (C=O) groups excluding carboxylic acids is 1. The van der Waals surface area contributed by atoms with Gasteiger partial charge < -0.3 is 14.2 Å². The van der Waals surface area contributed by atoms with E-state index in [1.54, 1.807) is 0 Å². The van der Waals surface area contributed by atoms with Crippen LogP contribution in [0.25, 0.3) is 0 Å². The number of hydrogen-bond acceptors (Lipinski definition) is 4. The highest BCUT2D eigenvalue weighted by atomic mass is 16.9. The van der Waals surface area contributed by atoms with Crippen LogP contribution >= 0.6 is 0 Å². The first-order valence-corrected chi connectivity index (χ1v) is 12.7. The number of unbranched alkanes of at least 4 members (excludes halogenated alkanes) is 15. The molecule has 0 aromatic heterocycles. The molecule has 1 aliphatic rings. The molecule has 1 saturated heterocycles. The summed E-state index contributed by atoms with van der Waals surface area (Å²) in [6.07, 6.45) is 22.5. The van der Waals surface area contributed by atoms with Crippen molar-refractivity contribution in [2.24, 2.45) is 0 Å². The Balaban J connectivity index is 2.10. The van der Waals surface area contributed by atoms with Crippen molar-refractivity contribution in [2.45, 2.75) is 135 Å². The topological polar surface area (TPSA) is 44.8 Å². The van der Waals surface area contributed by atoms with Crippen molar-refractivity contribution in [2.75, 3.05) is 19.8 Å². The molecule has 0 bridgehead atoms. The number of rotatable bonds is 20. The van der Waals surface area contributed by atoms with E-state index < -0.39 is 5.97 Å². The van der Waals surface area contributed by atoms with Crippen molar-refractivity contribution in [3.8, 4) is 0 Å². The second kappa shape index (κ2) is 18.3. The number of ketones is 1. The molecule has 0 atom stereocenters. The van der Waals surface area contributed by atoms with E-state index in [4.69, 9.17) is 14.2 Å². The smallest absolute Gasteiger partial charge is 0.283 e. The Morgan fingerprint density at radius 1 is 0.655 bits per heavy atom. The van der Waals surface area contributed by atoms with E-state index >= 15 is 0 Å². The Morgan fingerprint density at radius 3 is 1.55 bits per heavy atom. The van der Waals surface area contributed by atoms with E-state index in [1.165, 1.54) is 96.3 Å². The van der Waals surface area contributed by atoms with Gasteiger partial charge in [0.2, 0.25) is 0 Å². The van der Waals surface area contributed by atoms with Crippen LogP contribution in [0, 0.1) is 0 Å². The van der Waals surface area contributed by atoms with Gasteiger partial charge in [-0.1, -0.05) is 110 Å². The molecule has 0 aromatic rings. The molecule has 4 nitrogen and oxygen atoms in total. The molecule has 0 spiro atoms. The first-order chi connectivity index (χ1) is 14.2. The third-order valence-corrected chi connectivity index (χ3v) is 5.81. The molecule has 172 valence electrons. The van der Waals surface area contributed by atoms with E-state index in [0.29, 0.717) is 6.61 Å². The van der Waals surface area contributed by atoms with E-state index in [0.717, 1.165) is 19.3 Å². The van der Waals surface area contributed by atoms with Crippen LogP contribution in [0.5, 0.6) is 0 Å². The van der Waals surface area contributed by atoms with Crippen LogP contribution in [0.2, 0.25) is 0 Å². The van der Waals surface area contributed by atoms with Gasteiger partial charge in [-0.25, -0.2) is 0 Å². The minimum Gasteiger partial charge on any atom is -0.327 e. The second-order valence-corrected chi connectivity index (χ2v) is 8.70. The van der Waals surface area contributed by atoms with Gasteiger partial charge in [0.25, 0.3) is 5.97 Å². The van der Waals surface area contributed by atoms with Gasteiger partial charge >= 0.3 is 0 Å². The SMILES string of the molecule is CCCCCCCCCCCCOC1(CCCCCCCCC)OCC(=O)CO1. The summed E-state index contributed by atoms with van der Waals surface area (Å²) in [6, 6.07) is 0. The van der Waals surface area contributed by atoms with Gasteiger partial charge in [-0.15, -0.1) is 0 Å². The molecule has 1 rings (SSSR count). The highest BCUT2D eigenvalue weighted by Gasteiger charge is 2.37. The lowest BCUT2D eigenvalue weighted by Gasteiger charge is -2.36. The summed E-state index contributed by atoms with van der Waals surface area (Å²) in [5.41, 5.74) is 0.